The standard InChI is InChI=1S/C35H37ClN6O2Si/c1-24(23-42-19-18-31(41-42)26-16-17-27(22-37)30(36)20-26)38-34(43)33-21-32(39-40-33)25(2)44-45(35(3,4)5,28-12-8-6-9-13-28)29-14-10-7-11-15-29/h6-21,24-25H,23H2,1-5H3,(H,38,43)(H,39,40)/t24?,25-/m0/s1. The maximum absolute atomic E-state index is 13.2. The Balaban J connectivity index is 1.29. The Morgan fingerprint density at radius 2 is 1.67 bits per heavy atom. The molecule has 0 radical (unpaired) electrons. The largest absolute Gasteiger partial charge is 0.399 e. The number of carbonyl (C=O) groups is 1. The molecule has 0 spiro atoms. The van der Waals surface area contributed by atoms with Gasteiger partial charge in [-0.25, -0.2) is 0 Å². The van der Waals surface area contributed by atoms with Crippen LogP contribution in [-0.2, 0) is 11.0 Å². The zero-order valence-electron chi connectivity index (χ0n) is 26.1. The fraction of sp³-hybridized carbons (Fsp3) is 0.257. The minimum absolute atomic E-state index is 0.182. The quantitative estimate of drug-likeness (QED) is 0.176. The monoisotopic (exact) mass is 636 g/mol. The molecule has 0 aliphatic carbocycles. The number of hydrogen-bond donors (Lipinski definition) is 2. The van der Waals surface area contributed by atoms with Crippen molar-refractivity contribution >= 4 is 36.2 Å². The lowest BCUT2D eigenvalue weighted by molar-refractivity contribution is 0.0931. The van der Waals surface area contributed by atoms with Gasteiger partial charge in [-0.1, -0.05) is 99.1 Å². The molecule has 0 aliphatic heterocycles. The van der Waals surface area contributed by atoms with Gasteiger partial charge >= 0.3 is 0 Å². The first-order valence-corrected chi connectivity index (χ1v) is 17.2. The number of carbonyl (C=O) groups excluding carboxylic acids is 1. The van der Waals surface area contributed by atoms with Crippen molar-refractivity contribution in [1.29, 1.82) is 5.26 Å². The third kappa shape index (κ3) is 6.78. The van der Waals surface area contributed by atoms with Crippen molar-refractivity contribution in [2.45, 2.75) is 58.3 Å². The Morgan fingerprint density at radius 1 is 1.02 bits per heavy atom. The van der Waals surface area contributed by atoms with Crippen LogP contribution in [0.25, 0.3) is 11.3 Å². The summed E-state index contributed by atoms with van der Waals surface area (Å²) in [6.07, 6.45) is 1.50. The van der Waals surface area contributed by atoms with E-state index in [-0.39, 0.29) is 23.1 Å². The second kappa shape index (κ2) is 13.2. The van der Waals surface area contributed by atoms with E-state index >= 15 is 0 Å². The fourth-order valence-corrected chi connectivity index (χ4v) is 10.6. The first-order valence-electron chi connectivity index (χ1n) is 14.9. The highest BCUT2D eigenvalue weighted by molar-refractivity contribution is 6.99. The summed E-state index contributed by atoms with van der Waals surface area (Å²) in [4.78, 5) is 13.2. The van der Waals surface area contributed by atoms with Crippen LogP contribution < -0.4 is 15.7 Å². The van der Waals surface area contributed by atoms with E-state index in [0.717, 1.165) is 17.0 Å². The number of H-pyrrole nitrogens is 1. The van der Waals surface area contributed by atoms with Gasteiger partial charge in [-0.3, -0.25) is 14.6 Å². The topological polar surface area (TPSA) is 109 Å². The molecule has 2 heterocycles. The third-order valence-electron chi connectivity index (χ3n) is 7.90. The number of amides is 1. The number of nitriles is 1. The van der Waals surface area contributed by atoms with Crippen LogP contribution in [0.5, 0.6) is 0 Å². The van der Waals surface area contributed by atoms with Crippen LogP contribution in [0.2, 0.25) is 10.1 Å². The van der Waals surface area contributed by atoms with E-state index in [1.165, 1.54) is 10.4 Å². The minimum atomic E-state index is -2.79. The van der Waals surface area contributed by atoms with E-state index in [0.29, 0.717) is 22.8 Å². The lowest BCUT2D eigenvalue weighted by Crippen LogP contribution is -2.66. The summed E-state index contributed by atoms with van der Waals surface area (Å²) in [5.41, 5.74) is 2.99. The molecule has 2 N–H and O–H groups in total. The molecule has 5 aromatic rings. The summed E-state index contributed by atoms with van der Waals surface area (Å²) in [7, 11) is -2.79. The molecule has 0 saturated carbocycles. The van der Waals surface area contributed by atoms with Gasteiger partial charge in [-0.2, -0.15) is 15.5 Å². The molecule has 45 heavy (non-hydrogen) atoms. The highest BCUT2D eigenvalue weighted by atomic mass is 35.5. The molecular formula is C35H37ClN6O2Si. The number of rotatable bonds is 10. The summed E-state index contributed by atoms with van der Waals surface area (Å²) >= 11 is 6.20. The Kier molecular flexibility index (Phi) is 9.39. The average molecular weight is 637 g/mol. The van der Waals surface area contributed by atoms with Crippen LogP contribution in [0.1, 0.15) is 62.5 Å². The number of nitrogens with zero attached hydrogens (tertiary/aromatic N) is 4. The number of benzene rings is 3. The summed E-state index contributed by atoms with van der Waals surface area (Å²) in [5.74, 6) is -0.283. The van der Waals surface area contributed by atoms with Gasteiger partial charge < -0.3 is 9.74 Å². The normalized spacial score (nSPS) is 13.2. The predicted octanol–water partition coefficient (Wildman–Crippen LogP) is 6.25. The van der Waals surface area contributed by atoms with Gasteiger partial charge in [0.05, 0.1) is 34.6 Å². The molecule has 0 bridgehead atoms. The van der Waals surface area contributed by atoms with Gasteiger partial charge in [0.25, 0.3) is 14.2 Å². The molecule has 5 rings (SSSR count). The first-order chi connectivity index (χ1) is 21.5. The molecule has 0 saturated heterocycles. The SMILES string of the molecule is CC(Cn1ccc(-c2ccc(C#N)c(Cl)c2)n1)NC(=O)c1cc([C@H](C)O[Si](c2ccccc2)(c2ccccc2)C(C)(C)C)[nH]n1. The fourth-order valence-electron chi connectivity index (χ4n) is 5.69. The van der Waals surface area contributed by atoms with Gasteiger partial charge in [-0.05, 0) is 53.5 Å². The van der Waals surface area contributed by atoms with Crippen LogP contribution in [0.4, 0.5) is 0 Å². The molecule has 8 nitrogen and oxygen atoms in total. The van der Waals surface area contributed by atoms with E-state index in [1.807, 2.05) is 44.3 Å². The number of nitrogens with one attached hydrogen (secondary N) is 2. The van der Waals surface area contributed by atoms with Gasteiger partial charge in [-0.15, -0.1) is 0 Å². The number of hydrogen-bond acceptors (Lipinski definition) is 5. The molecule has 0 fully saturated rings. The highest BCUT2D eigenvalue weighted by Crippen LogP contribution is 2.39. The summed E-state index contributed by atoms with van der Waals surface area (Å²) < 4.78 is 8.94. The van der Waals surface area contributed by atoms with Crippen LogP contribution in [0.3, 0.4) is 0 Å². The van der Waals surface area contributed by atoms with E-state index in [4.69, 9.17) is 21.3 Å². The summed E-state index contributed by atoms with van der Waals surface area (Å²) in [6.45, 7) is 11.1. The summed E-state index contributed by atoms with van der Waals surface area (Å²) in [6, 6.07) is 31.6. The van der Waals surface area contributed by atoms with Gasteiger partial charge in [0.15, 0.2) is 0 Å². The van der Waals surface area contributed by atoms with Gasteiger partial charge in [0, 0.05) is 17.8 Å². The zero-order chi connectivity index (χ0) is 32.2. The Labute approximate surface area is 270 Å². The molecule has 2 aromatic heterocycles. The van der Waals surface area contributed by atoms with Crippen LogP contribution in [-0.4, -0.2) is 40.2 Å². The summed E-state index contributed by atoms with van der Waals surface area (Å²) in [5, 5.41) is 26.7. The van der Waals surface area contributed by atoms with Crippen LogP contribution >= 0.6 is 11.6 Å². The van der Waals surface area contributed by atoms with Crippen molar-refractivity contribution in [2.24, 2.45) is 0 Å². The van der Waals surface area contributed by atoms with Crippen molar-refractivity contribution in [2.75, 3.05) is 0 Å². The van der Waals surface area contributed by atoms with E-state index in [2.05, 4.69) is 96.0 Å². The molecule has 1 amide bonds. The van der Waals surface area contributed by atoms with Crippen LogP contribution in [0, 0.1) is 11.3 Å². The van der Waals surface area contributed by atoms with Crippen molar-refractivity contribution in [3.8, 4) is 17.3 Å². The van der Waals surface area contributed by atoms with Crippen molar-refractivity contribution in [3.63, 3.8) is 0 Å². The van der Waals surface area contributed by atoms with E-state index < -0.39 is 8.32 Å². The number of aromatic amines is 1. The zero-order valence-corrected chi connectivity index (χ0v) is 27.8. The minimum Gasteiger partial charge on any atom is -0.399 e. The second-order valence-electron chi connectivity index (χ2n) is 12.2. The Bertz CT molecular complexity index is 1770. The molecule has 2 atom stereocenters. The van der Waals surface area contributed by atoms with Crippen molar-refractivity contribution in [3.05, 3.63) is 119 Å². The van der Waals surface area contributed by atoms with Gasteiger partial charge in [0.1, 0.15) is 11.8 Å². The smallest absolute Gasteiger partial charge is 0.272 e. The van der Waals surface area contributed by atoms with Crippen molar-refractivity contribution < 1.29 is 9.22 Å². The van der Waals surface area contributed by atoms with Gasteiger partial charge in [0.2, 0.25) is 0 Å². The molecular weight excluding hydrogens is 600 g/mol. The molecule has 3 aromatic carbocycles. The maximum Gasteiger partial charge on any atom is 0.272 e. The maximum atomic E-state index is 13.2. The second-order valence-corrected chi connectivity index (χ2v) is 16.9. The average Bonchev–Trinajstić information content (AvgIpc) is 3.71. The van der Waals surface area contributed by atoms with E-state index in [9.17, 15) is 4.79 Å². The lowest BCUT2D eigenvalue weighted by Gasteiger charge is -2.44. The van der Waals surface area contributed by atoms with Crippen LogP contribution in [0.15, 0.2) is 97.2 Å². The predicted molar refractivity (Wildman–Crippen MR) is 180 cm³/mol. The van der Waals surface area contributed by atoms with Crippen molar-refractivity contribution in [1.82, 2.24) is 25.3 Å². The highest BCUT2D eigenvalue weighted by Gasteiger charge is 2.51. The first kappa shape index (κ1) is 31.9. The molecule has 1 unspecified atom stereocenters. The molecule has 10 heteroatoms. The van der Waals surface area contributed by atoms with E-state index in [1.54, 1.807) is 22.9 Å². The Hall–Kier alpha value is -4.49. The number of aromatic nitrogens is 4. The number of halogens is 1. The Morgan fingerprint density at radius 3 is 2.24 bits per heavy atom. The lowest BCUT2D eigenvalue weighted by atomic mass is 10.1. The molecule has 230 valence electrons. The molecule has 0 aliphatic rings. The third-order valence-corrected chi connectivity index (χ3v) is 13.3.